The molecule has 0 radical (unpaired) electrons. The van der Waals surface area contributed by atoms with E-state index in [0.29, 0.717) is 0 Å². The summed E-state index contributed by atoms with van der Waals surface area (Å²) >= 11 is 0. The fourth-order valence-electron chi connectivity index (χ4n) is 8.95. The van der Waals surface area contributed by atoms with Gasteiger partial charge in [0.1, 0.15) is 11.2 Å². The Balaban J connectivity index is 1.03. The molecule has 256 valence electrons. The summed E-state index contributed by atoms with van der Waals surface area (Å²) in [6, 6.07) is 70.3. The summed E-state index contributed by atoms with van der Waals surface area (Å²) in [7, 11) is 0. The number of fused-ring (bicyclic) bond motifs is 10. The molecule has 3 heterocycles. The van der Waals surface area contributed by atoms with Crippen molar-refractivity contribution in [2.24, 2.45) is 0 Å². The van der Waals surface area contributed by atoms with E-state index in [9.17, 15) is 0 Å². The first-order valence-corrected chi connectivity index (χ1v) is 18.8. The maximum atomic E-state index is 6.44. The number of para-hydroxylation sites is 5. The number of nitrogens with zero attached hydrogens (tertiary/aromatic N) is 2. The number of benzene rings is 9. The number of aromatic nitrogens is 2. The maximum Gasteiger partial charge on any atom is 0.143 e. The van der Waals surface area contributed by atoms with Crippen molar-refractivity contribution in [3.63, 3.8) is 0 Å². The van der Waals surface area contributed by atoms with E-state index in [1.807, 2.05) is 12.1 Å². The van der Waals surface area contributed by atoms with Gasteiger partial charge in [-0.2, -0.15) is 0 Å². The van der Waals surface area contributed by atoms with Gasteiger partial charge in [-0.05, 0) is 94.2 Å². The molecule has 0 unspecified atom stereocenters. The van der Waals surface area contributed by atoms with E-state index < -0.39 is 0 Å². The highest BCUT2D eigenvalue weighted by Crippen LogP contribution is 2.40. The summed E-state index contributed by atoms with van der Waals surface area (Å²) in [6.45, 7) is 0. The molecule has 0 fully saturated rings. The zero-order chi connectivity index (χ0) is 36.0. The molecule has 0 N–H and O–H groups in total. The molecule has 3 nitrogen and oxygen atoms in total. The van der Waals surface area contributed by atoms with Crippen LogP contribution in [0.2, 0.25) is 0 Å². The molecule has 0 aliphatic rings. The number of furan rings is 1. The van der Waals surface area contributed by atoms with E-state index in [1.165, 1.54) is 71.2 Å². The Kier molecular flexibility index (Phi) is 6.34. The van der Waals surface area contributed by atoms with Gasteiger partial charge < -0.3 is 13.6 Å². The molecular weight excluding hydrogens is 669 g/mol. The Labute approximate surface area is 316 Å². The molecule has 0 aliphatic heterocycles. The first kappa shape index (κ1) is 30.1. The van der Waals surface area contributed by atoms with Crippen molar-refractivity contribution in [1.82, 2.24) is 9.13 Å². The standard InChI is InChI=1S/C52H32N2O/c1-2-11-38(12-3-1)53-48-19-8-5-14-42(48)46-31-34(25-28-49(46)53)35-24-27-43-41-13-4-7-18-47(41)54(50(43)32-35)39-26-23-33-21-22-36(29-37(33)30-39)40-16-10-17-45-44-15-6-9-20-51(44)55-52(40)45/h1-32H. The Bertz CT molecular complexity index is 3490. The Morgan fingerprint density at radius 3 is 1.78 bits per heavy atom. The normalized spacial score (nSPS) is 12.0. The van der Waals surface area contributed by atoms with Gasteiger partial charge in [-0.1, -0.05) is 127 Å². The van der Waals surface area contributed by atoms with Crippen LogP contribution in [-0.2, 0) is 0 Å². The highest BCUT2D eigenvalue weighted by atomic mass is 16.3. The maximum absolute atomic E-state index is 6.44. The molecule has 0 atom stereocenters. The molecule has 0 bridgehead atoms. The van der Waals surface area contributed by atoms with Gasteiger partial charge in [0.25, 0.3) is 0 Å². The lowest BCUT2D eigenvalue weighted by Crippen LogP contribution is -1.94. The van der Waals surface area contributed by atoms with Crippen LogP contribution in [0.1, 0.15) is 0 Å². The van der Waals surface area contributed by atoms with E-state index in [1.54, 1.807) is 0 Å². The topological polar surface area (TPSA) is 23.0 Å². The lowest BCUT2D eigenvalue weighted by molar-refractivity contribution is 0.670. The molecule has 55 heavy (non-hydrogen) atoms. The van der Waals surface area contributed by atoms with E-state index in [2.05, 4.69) is 191 Å². The summed E-state index contributed by atoms with van der Waals surface area (Å²) in [4.78, 5) is 0. The van der Waals surface area contributed by atoms with Gasteiger partial charge in [0.2, 0.25) is 0 Å². The highest BCUT2D eigenvalue weighted by molar-refractivity contribution is 6.13. The molecular formula is C52H32N2O. The van der Waals surface area contributed by atoms with Crippen molar-refractivity contribution in [2.45, 2.75) is 0 Å². The third-order valence-corrected chi connectivity index (χ3v) is 11.5. The lowest BCUT2D eigenvalue weighted by atomic mass is 9.99. The molecule has 0 saturated heterocycles. The van der Waals surface area contributed by atoms with E-state index in [4.69, 9.17) is 4.42 Å². The zero-order valence-electron chi connectivity index (χ0n) is 29.8. The van der Waals surface area contributed by atoms with Crippen molar-refractivity contribution < 1.29 is 4.42 Å². The summed E-state index contributed by atoms with van der Waals surface area (Å²) in [5, 5.41) is 9.67. The number of hydrogen-bond acceptors (Lipinski definition) is 1. The summed E-state index contributed by atoms with van der Waals surface area (Å²) < 4.78 is 11.2. The van der Waals surface area contributed by atoms with Crippen LogP contribution in [0.25, 0.3) is 110 Å². The molecule has 12 rings (SSSR count). The second-order valence-electron chi connectivity index (χ2n) is 14.5. The van der Waals surface area contributed by atoms with Gasteiger partial charge in [-0.25, -0.2) is 0 Å². The van der Waals surface area contributed by atoms with Crippen LogP contribution >= 0.6 is 0 Å². The molecule has 3 heteroatoms. The predicted octanol–water partition coefficient (Wildman–Crippen LogP) is 14.3. The van der Waals surface area contributed by atoms with Gasteiger partial charge in [-0.15, -0.1) is 0 Å². The van der Waals surface area contributed by atoms with Crippen molar-refractivity contribution >= 4 is 76.3 Å². The molecule has 0 amide bonds. The summed E-state index contributed by atoms with van der Waals surface area (Å²) in [5.74, 6) is 0. The second kappa shape index (κ2) is 11.6. The van der Waals surface area contributed by atoms with Crippen LogP contribution in [0.15, 0.2) is 199 Å². The molecule has 12 aromatic rings. The van der Waals surface area contributed by atoms with Gasteiger partial charge in [0.05, 0.1) is 22.1 Å². The van der Waals surface area contributed by atoms with Gasteiger partial charge in [0.15, 0.2) is 0 Å². The SMILES string of the molecule is c1ccc(-n2c3ccccc3c3cc(-c4ccc5c6ccccc6n(-c6ccc7ccc(-c8cccc9c8oc8ccccc89)cc7c6)c5c4)ccc32)cc1. The van der Waals surface area contributed by atoms with E-state index in [0.717, 1.165) is 38.8 Å². The first-order chi connectivity index (χ1) is 27.3. The minimum Gasteiger partial charge on any atom is -0.455 e. The fourth-order valence-corrected chi connectivity index (χ4v) is 8.95. The van der Waals surface area contributed by atoms with Crippen LogP contribution < -0.4 is 0 Å². The van der Waals surface area contributed by atoms with Crippen molar-refractivity contribution in [3.05, 3.63) is 194 Å². The highest BCUT2D eigenvalue weighted by Gasteiger charge is 2.17. The van der Waals surface area contributed by atoms with Crippen molar-refractivity contribution in [2.75, 3.05) is 0 Å². The molecule has 0 saturated carbocycles. The smallest absolute Gasteiger partial charge is 0.143 e. The predicted molar refractivity (Wildman–Crippen MR) is 231 cm³/mol. The Morgan fingerprint density at radius 1 is 0.309 bits per heavy atom. The third kappa shape index (κ3) is 4.50. The van der Waals surface area contributed by atoms with Gasteiger partial charge in [-0.3, -0.25) is 0 Å². The average Bonchev–Trinajstić information content (AvgIpc) is 3.91. The molecule has 0 aliphatic carbocycles. The molecule has 9 aromatic carbocycles. The summed E-state index contributed by atoms with van der Waals surface area (Å²) in [6.07, 6.45) is 0. The Hall–Kier alpha value is -7.36. The quantitative estimate of drug-likeness (QED) is 0.179. The minimum absolute atomic E-state index is 0.914. The monoisotopic (exact) mass is 700 g/mol. The zero-order valence-corrected chi connectivity index (χ0v) is 29.8. The van der Waals surface area contributed by atoms with Crippen LogP contribution in [-0.4, -0.2) is 9.13 Å². The van der Waals surface area contributed by atoms with Gasteiger partial charge in [0, 0.05) is 49.3 Å². The average molecular weight is 701 g/mol. The number of hydrogen-bond donors (Lipinski definition) is 0. The first-order valence-electron chi connectivity index (χ1n) is 18.8. The van der Waals surface area contributed by atoms with Crippen molar-refractivity contribution in [3.8, 4) is 33.6 Å². The number of rotatable bonds is 4. The van der Waals surface area contributed by atoms with Crippen LogP contribution in [0.4, 0.5) is 0 Å². The second-order valence-corrected chi connectivity index (χ2v) is 14.5. The molecule has 0 spiro atoms. The molecule has 3 aromatic heterocycles. The van der Waals surface area contributed by atoms with Crippen LogP contribution in [0.3, 0.4) is 0 Å². The third-order valence-electron chi connectivity index (χ3n) is 11.5. The van der Waals surface area contributed by atoms with E-state index >= 15 is 0 Å². The Morgan fingerprint density at radius 2 is 0.927 bits per heavy atom. The van der Waals surface area contributed by atoms with E-state index in [-0.39, 0.29) is 0 Å². The van der Waals surface area contributed by atoms with Crippen LogP contribution in [0, 0.1) is 0 Å². The largest absolute Gasteiger partial charge is 0.455 e. The van der Waals surface area contributed by atoms with Gasteiger partial charge >= 0.3 is 0 Å². The fraction of sp³-hybridized carbons (Fsp3) is 0. The minimum atomic E-state index is 0.914. The van der Waals surface area contributed by atoms with Crippen molar-refractivity contribution in [1.29, 1.82) is 0 Å². The van der Waals surface area contributed by atoms with Crippen LogP contribution in [0.5, 0.6) is 0 Å². The summed E-state index contributed by atoms with van der Waals surface area (Å²) in [5.41, 5.74) is 13.6. The lowest BCUT2D eigenvalue weighted by Gasteiger charge is -2.12.